The Morgan fingerprint density at radius 3 is 3.27 bits per heavy atom. The molecule has 0 bridgehead atoms. The predicted octanol–water partition coefficient (Wildman–Crippen LogP) is 1.23. The van der Waals surface area contributed by atoms with E-state index in [0.717, 1.165) is 30.9 Å². The Labute approximate surface area is 90.5 Å². The fraction of sp³-hybridized carbons (Fsp3) is 0.600. The second-order valence-electron chi connectivity index (χ2n) is 3.84. The minimum Gasteiger partial charge on any atom is -0.311 e. The van der Waals surface area contributed by atoms with Crippen LogP contribution in [-0.4, -0.2) is 23.5 Å². The summed E-state index contributed by atoms with van der Waals surface area (Å²) in [5.74, 6) is 0.794. The van der Waals surface area contributed by atoms with Gasteiger partial charge in [0.2, 0.25) is 5.91 Å². The lowest BCUT2D eigenvalue weighted by Gasteiger charge is -2.03. The SMILES string of the molecule is [B]C(CC)c1cc2n(n1)CCCC(=O)N2. The van der Waals surface area contributed by atoms with Crippen LogP contribution in [0.15, 0.2) is 6.07 Å². The number of nitrogens with one attached hydrogen (secondary N) is 1. The molecule has 1 aliphatic heterocycles. The quantitative estimate of drug-likeness (QED) is 0.735. The van der Waals surface area contributed by atoms with Gasteiger partial charge in [-0.1, -0.05) is 13.3 Å². The molecule has 0 fully saturated rings. The Bertz CT molecular complexity index is 375. The maximum absolute atomic E-state index is 11.3. The van der Waals surface area contributed by atoms with Gasteiger partial charge in [0.1, 0.15) is 5.82 Å². The number of nitrogens with zero attached hydrogens (tertiary/aromatic N) is 2. The molecular weight excluding hydrogens is 189 g/mol. The second kappa shape index (κ2) is 4.09. The number of aromatic nitrogens is 2. The molecule has 0 aromatic carbocycles. The molecular formula is C10H14BN3O. The standard InChI is InChI=1S/C10H14BN3O/c1-2-7(11)8-6-9-12-10(15)4-3-5-14(9)13-8/h6-7H,2-5H2,1H3,(H,12,15). The largest absolute Gasteiger partial charge is 0.311 e. The highest BCUT2D eigenvalue weighted by atomic mass is 16.1. The molecule has 1 unspecified atom stereocenters. The van der Waals surface area contributed by atoms with Gasteiger partial charge in [0.05, 0.1) is 13.5 Å². The van der Waals surface area contributed by atoms with Crippen LogP contribution in [0.25, 0.3) is 0 Å². The van der Waals surface area contributed by atoms with Crippen LogP contribution >= 0.6 is 0 Å². The van der Waals surface area contributed by atoms with E-state index in [9.17, 15) is 4.79 Å². The van der Waals surface area contributed by atoms with Gasteiger partial charge >= 0.3 is 0 Å². The van der Waals surface area contributed by atoms with Crippen molar-refractivity contribution >= 4 is 19.6 Å². The van der Waals surface area contributed by atoms with Gasteiger partial charge in [-0.05, 0) is 12.2 Å². The first-order valence-electron chi connectivity index (χ1n) is 5.34. The van der Waals surface area contributed by atoms with Crippen molar-refractivity contribution in [3.8, 4) is 0 Å². The normalized spacial score (nSPS) is 17.8. The number of hydrogen-bond acceptors (Lipinski definition) is 2. The van der Waals surface area contributed by atoms with Crippen molar-refractivity contribution in [1.29, 1.82) is 0 Å². The van der Waals surface area contributed by atoms with Crippen LogP contribution in [0.3, 0.4) is 0 Å². The Kier molecular flexibility index (Phi) is 2.80. The van der Waals surface area contributed by atoms with Gasteiger partial charge in [-0.2, -0.15) is 5.10 Å². The topological polar surface area (TPSA) is 46.9 Å². The Morgan fingerprint density at radius 1 is 1.73 bits per heavy atom. The van der Waals surface area contributed by atoms with Crippen molar-refractivity contribution in [3.05, 3.63) is 11.8 Å². The van der Waals surface area contributed by atoms with Crippen molar-refractivity contribution in [1.82, 2.24) is 9.78 Å². The molecule has 2 heterocycles. The van der Waals surface area contributed by atoms with Crippen LogP contribution in [0.2, 0.25) is 0 Å². The third kappa shape index (κ3) is 2.06. The van der Waals surface area contributed by atoms with Gasteiger partial charge in [-0.25, -0.2) is 4.68 Å². The summed E-state index contributed by atoms with van der Waals surface area (Å²) in [6, 6.07) is 1.87. The number of carbonyl (C=O) groups is 1. The minimum atomic E-state index is -0.0404. The molecule has 4 nitrogen and oxygen atoms in total. The average Bonchev–Trinajstić information content (AvgIpc) is 2.53. The maximum Gasteiger partial charge on any atom is 0.225 e. The lowest BCUT2D eigenvalue weighted by molar-refractivity contribution is -0.116. The highest BCUT2D eigenvalue weighted by molar-refractivity contribution is 6.12. The van der Waals surface area contributed by atoms with Gasteiger partial charge in [0.15, 0.2) is 0 Å². The lowest BCUT2D eigenvalue weighted by atomic mass is 9.82. The van der Waals surface area contributed by atoms with Crippen molar-refractivity contribution in [2.75, 3.05) is 5.32 Å². The minimum absolute atomic E-state index is 0.0404. The summed E-state index contributed by atoms with van der Waals surface area (Å²) >= 11 is 0. The molecule has 2 radical (unpaired) electrons. The molecule has 1 aromatic heterocycles. The molecule has 1 atom stereocenters. The van der Waals surface area contributed by atoms with Crippen molar-refractivity contribution in [3.63, 3.8) is 0 Å². The summed E-state index contributed by atoms with van der Waals surface area (Å²) in [5, 5.41) is 7.22. The summed E-state index contributed by atoms with van der Waals surface area (Å²) in [5.41, 5.74) is 0.856. The first-order valence-corrected chi connectivity index (χ1v) is 5.34. The molecule has 15 heavy (non-hydrogen) atoms. The Hall–Kier alpha value is -1.26. The van der Waals surface area contributed by atoms with E-state index in [-0.39, 0.29) is 11.7 Å². The Morgan fingerprint density at radius 2 is 2.53 bits per heavy atom. The summed E-state index contributed by atoms with van der Waals surface area (Å²) in [6.45, 7) is 2.80. The van der Waals surface area contributed by atoms with Crippen LogP contribution in [0.5, 0.6) is 0 Å². The number of rotatable bonds is 2. The summed E-state index contributed by atoms with van der Waals surface area (Å²) in [4.78, 5) is 11.3. The van der Waals surface area contributed by atoms with E-state index in [0.29, 0.717) is 6.42 Å². The molecule has 0 aliphatic carbocycles. The van der Waals surface area contributed by atoms with E-state index in [2.05, 4.69) is 10.4 Å². The van der Waals surface area contributed by atoms with Gasteiger partial charge in [-0.15, -0.1) is 0 Å². The molecule has 5 heteroatoms. The van der Waals surface area contributed by atoms with E-state index in [1.54, 1.807) is 0 Å². The molecule has 2 rings (SSSR count). The zero-order valence-electron chi connectivity index (χ0n) is 8.86. The van der Waals surface area contributed by atoms with Crippen LogP contribution < -0.4 is 5.32 Å². The number of hydrogen-bond donors (Lipinski definition) is 1. The molecule has 0 saturated heterocycles. The van der Waals surface area contributed by atoms with Gasteiger partial charge in [0.25, 0.3) is 0 Å². The van der Waals surface area contributed by atoms with Crippen LogP contribution in [0.4, 0.5) is 5.82 Å². The third-order valence-corrected chi connectivity index (χ3v) is 2.66. The Balaban J connectivity index is 2.27. The molecule has 78 valence electrons. The number of amides is 1. The monoisotopic (exact) mass is 203 g/mol. The van der Waals surface area contributed by atoms with E-state index >= 15 is 0 Å². The van der Waals surface area contributed by atoms with Crippen molar-refractivity contribution in [2.45, 2.75) is 38.5 Å². The van der Waals surface area contributed by atoms with Gasteiger partial charge in [0, 0.05) is 19.0 Å². The number of anilines is 1. The van der Waals surface area contributed by atoms with Crippen LogP contribution in [0, 0.1) is 0 Å². The predicted molar refractivity (Wildman–Crippen MR) is 58.9 cm³/mol. The summed E-state index contributed by atoms with van der Waals surface area (Å²) in [7, 11) is 5.89. The third-order valence-electron chi connectivity index (χ3n) is 2.66. The smallest absolute Gasteiger partial charge is 0.225 e. The van der Waals surface area contributed by atoms with E-state index in [1.807, 2.05) is 17.7 Å². The van der Waals surface area contributed by atoms with E-state index in [1.165, 1.54) is 0 Å². The summed E-state index contributed by atoms with van der Waals surface area (Å²) in [6.07, 6.45) is 2.25. The van der Waals surface area contributed by atoms with Crippen molar-refractivity contribution < 1.29 is 4.79 Å². The molecule has 1 aliphatic rings. The van der Waals surface area contributed by atoms with E-state index < -0.39 is 0 Å². The van der Waals surface area contributed by atoms with Crippen molar-refractivity contribution in [2.24, 2.45) is 0 Å². The summed E-state index contributed by atoms with van der Waals surface area (Å²) < 4.78 is 1.83. The zero-order valence-corrected chi connectivity index (χ0v) is 8.86. The molecule has 1 N–H and O–H groups in total. The number of aryl methyl sites for hydroxylation is 1. The lowest BCUT2D eigenvalue weighted by Crippen LogP contribution is -2.09. The molecule has 1 aromatic rings. The number of carbonyl (C=O) groups excluding carboxylic acids is 1. The second-order valence-corrected chi connectivity index (χ2v) is 3.84. The molecule has 1 amide bonds. The maximum atomic E-state index is 11.3. The first kappa shape index (κ1) is 10.3. The van der Waals surface area contributed by atoms with Gasteiger partial charge in [-0.3, -0.25) is 4.79 Å². The van der Waals surface area contributed by atoms with Gasteiger partial charge < -0.3 is 5.32 Å². The number of fused-ring (bicyclic) bond motifs is 1. The molecule has 0 spiro atoms. The zero-order chi connectivity index (χ0) is 10.8. The van der Waals surface area contributed by atoms with Crippen LogP contribution in [-0.2, 0) is 11.3 Å². The fourth-order valence-electron chi connectivity index (χ4n) is 1.69. The van der Waals surface area contributed by atoms with Crippen LogP contribution in [0.1, 0.15) is 37.7 Å². The first-order chi connectivity index (χ1) is 7.20. The van der Waals surface area contributed by atoms with E-state index in [4.69, 9.17) is 7.85 Å². The highest BCUT2D eigenvalue weighted by Gasteiger charge is 2.16. The fourth-order valence-corrected chi connectivity index (χ4v) is 1.69. The molecule has 0 saturated carbocycles. The average molecular weight is 203 g/mol. The highest BCUT2D eigenvalue weighted by Crippen LogP contribution is 2.21.